The Bertz CT molecular complexity index is 330. The quantitative estimate of drug-likeness (QED) is 0.435. The number of rotatable bonds is 7. The van der Waals surface area contributed by atoms with E-state index in [0.29, 0.717) is 19.4 Å². The van der Waals surface area contributed by atoms with Gasteiger partial charge in [-0.1, -0.05) is 12.2 Å². The average Bonchev–Trinajstić information content (AvgIpc) is 2.77. The fourth-order valence-electron chi connectivity index (χ4n) is 1.86. The van der Waals surface area contributed by atoms with Crippen molar-refractivity contribution in [2.24, 2.45) is 11.7 Å². The van der Waals surface area contributed by atoms with E-state index in [1.165, 1.54) is 0 Å². The first-order chi connectivity index (χ1) is 8.54. The maximum Gasteiger partial charge on any atom is 0.310 e. The van der Waals surface area contributed by atoms with Crippen molar-refractivity contribution in [1.29, 1.82) is 0 Å². The number of carbonyl (C=O) groups is 2. The average molecular weight is 256 g/mol. The fourth-order valence-corrected chi connectivity index (χ4v) is 1.86. The van der Waals surface area contributed by atoms with Crippen molar-refractivity contribution in [2.75, 3.05) is 13.7 Å². The van der Waals surface area contributed by atoms with Gasteiger partial charge in [0.05, 0.1) is 12.0 Å². The summed E-state index contributed by atoms with van der Waals surface area (Å²) in [5, 5.41) is 11.6. The van der Waals surface area contributed by atoms with Gasteiger partial charge in [-0.25, -0.2) is 0 Å². The van der Waals surface area contributed by atoms with Crippen LogP contribution < -0.4 is 11.1 Å². The second-order valence-corrected chi connectivity index (χ2v) is 4.42. The number of hydrogen-bond acceptors (Lipinski definition) is 4. The normalized spacial score (nSPS) is 23.9. The summed E-state index contributed by atoms with van der Waals surface area (Å²) < 4.78 is 4.88. The minimum atomic E-state index is -0.868. The number of hydrogen-bond donors (Lipinski definition) is 3. The van der Waals surface area contributed by atoms with Crippen molar-refractivity contribution in [2.45, 2.75) is 31.3 Å². The van der Waals surface area contributed by atoms with E-state index in [1.54, 1.807) is 19.3 Å². The minimum absolute atomic E-state index is 0.230. The Morgan fingerprint density at radius 1 is 1.56 bits per heavy atom. The monoisotopic (exact) mass is 256 g/mol. The van der Waals surface area contributed by atoms with Gasteiger partial charge in [0.2, 0.25) is 5.91 Å². The van der Waals surface area contributed by atoms with E-state index < -0.39 is 17.9 Å². The molecule has 1 aliphatic rings. The van der Waals surface area contributed by atoms with E-state index in [4.69, 9.17) is 15.6 Å². The highest BCUT2D eigenvalue weighted by Gasteiger charge is 2.26. The molecule has 0 bridgehead atoms. The van der Waals surface area contributed by atoms with E-state index in [9.17, 15) is 9.59 Å². The summed E-state index contributed by atoms with van der Waals surface area (Å²) >= 11 is 0. The number of ether oxygens (including phenoxy) is 1. The van der Waals surface area contributed by atoms with Gasteiger partial charge in [0.1, 0.15) is 0 Å². The van der Waals surface area contributed by atoms with Gasteiger partial charge < -0.3 is 20.9 Å². The van der Waals surface area contributed by atoms with Crippen LogP contribution in [0.25, 0.3) is 0 Å². The number of carboxylic acid groups (broad SMARTS) is 1. The summed E-state index contributed by atoms with van der Waals surface area (Å²) in [5.41, 5.74) is 5.72. The van der Waals surface area contributed by atoms with E-state index >= 15 is 0 Å². The van der Waals surface area contributed by atoms with E-state index in [2.05, 4.69) is 5.32 Å². The number of carbonyl (C=O) groups excluding carboxylic acids is 1. The van der Waals surface area contributed by atoms with Crippen LogP contribution in [0.5, 0.6) is 0 Å². The van der Waals surface area contributed by atoms with Crippen LogP contribution in [0, 0.1) is 5.92 Å². The van der Waals surface area contributed by atoms with Gasteiger partial charge in [0.25, 0.3) is 0 Å². The lowest BCUT2D eigenvalue weighted by molar-refractivity contribution is -0.140. The lowest BCUT2D eigenvalue weighted by atomic mass is 10.1. The molecule has 1 rings (SSSR count). The molecule has 6 nitrogen and oxygen atoms in total. The molecule has 0 saturated heterocycles. The first-order valence-corrected chi connectivity index (χ1v) is 6.00. The first kappa shape index (κ1) is 14.7. The summed E-state index contributed by atoms with van der Waals surface area (Å²) in [6, 6.07) is -0.801. The Labute approximate surface area is 106 Å². The maximum absolute atomic E-state index is 11.7. The molecule has 0 fully saturated rings. The fraction of sp³-hybridized carbons (Fsp3) is 0.667. The zero-order chi connectivity index (χ0) is 13.5. The molecule has 4 N–H and O–H groups in total. The van der Waals surface area contributed by atoms with Gasteiger partial charge in [-0.2, -0.15) is 0 Å². The molecule has 3 atom stereocenters. The molecule has 1 aliphatic carbocycles. The van der Waals surface area contributed by atoms with Gasteiger partial charge in [0.15, 0.2) is 0 Å². The molecule has 102 valence electrons. The minimum Gasteiger partial charge on any atom is -0.481 e. The van der Waals surface area contributed by atoms with E-state index in [-0.39, 0.29) is 11.9 Å². The molecule has 0 aliphatic heterocycles. The number of carboxylic acids is 1. The zero-order valence-electron chi connectivity index (χ0n) is 10.5. The summed E-state index contributed by atoms with van der Waals surface area (Å²) in [6.45, 7) is 0.575. The molecule has 0 aromatic carbocycles. The van der Waals surface area contributed by atoms with Gasteiger partial charge >= 0.3 is 5.97 Å². The van der Waals surface area contributed by atoms with Gasteiger partial charge in [0, 0.05) is 19.8 Å². The molecule has 0 aromatic heterocycles. The van der Waals surface area contributed by atoms with Crippen LogP contribution in [0.15, 0.2) is 12.2 Å². The van der Waals surface area contributed by atoms with Crippen LogP contribution in [0.3, 0.4) is 0 Å². The lowest BCUT2D eigenvalue weighted by Gasteiger charge is -2.16. The molecule has 3 unspecified atom stereocenters. The summed E-state index contributed by atoms with van der Waals surface area (Å²) in [6.07, 6.45) is 4.98. The van der Waals surface area contributed by atoms with Crippen LogP contribution in [-0.2, 0) is 14.3 Å². The molecule has 18 heavy (non-hydrogen) atoms. The molecule has 0 aromatic rings. The molecule has 0 spiro atoms. The molecule has 1 amide bonds. The van der Waals surface area contributed by atoms with Crippen molar-refractivity contribution in [3.63, 3.8) is 0 Å². The van der Waals surface area contributed by atoms with Crippen molar-refractivity contribution in [3.05, 3.63) is 12.2 Å². The molecule has 0 saturated carbocycles. The maximum atomic E-state index is 11.7. The van der Waals surface area contributed by atoms with Crippen molar-refractivity contribution in [3.8, 4) is 0 Å². The van der Waals surface area contributed by atoms with Gasteiger partial charge in [-0.05, 0) is 19.3 Å². The van der Waals surface area contributed by atoms with Crippen LogP contribution in [0.4, 0.5) is 0 Å². The predicted octanol–water partition coefficient (Wildman–Crippen LogP) is -0.114. The molecular formula is C12H20N2O4. The topological polar surface area (TPSA) is 102 Å². The van der Waals surface area contributed by atoms with Crippen LogP contribution in [0.2, 0.25) is 0 Å². The van der Waals surface area contributed by atoms with Gasteiger partial charge in [-0.3, -0.25) is 9.59 Å². The molecular weight excluding hydrogens is 236 g/mol. The number of nitrogens with one attached hydrogen (secondary N) is 1. The number of aliphatic carboxylic acids is 1. The number of amides is 1. The van der Waals surface area contributed by atoms with Crippen molar-refractivity contribution >= 4 is 11.9 Å². The van der Waals surface area contributed by atoms with Crippen LogP contribution >= 0.6 is 0 Å². The third-order valence-electron chi connectivity index (χ3n) is 2.93. The Kier molecular flexibility index (Phi) is 5.80. The molecule has 6 heteroatoms. The third-order valence-corrected chi connectivity index (χ3v) is 2.93. The third kappa shape index (κ3) is 4.46. The molecule has 0 radical (unpaired) electrons. The van der Waals surface area contributed by atoms with Crippen molar-refractivity contribution < 1.29 is 19.4 Å². The predicted molar refractivity (Wildman–Crippen MR) is 65.9 cm³/mol. The Morgan fingerprint density at radius 3 is 2.83 bits per heavy atom. The highest BCUT2D eigenvalue weighted by Crippen LogP contribution is 2.18. The van der Waals surface area contributed by atoms with E-state index in [0.717, 1.165) is 6.42 Å². The Balaban J connectivity index is 2.29. The summed E-state index contributed by atoms with van der Waals surface area (Å²) in [5.74, 6) is -1.63. The van der Waals surface area contributed by atoms with E-state index in [1.807, 2.05) is 0 Å². The SMILES string of the molecule is COCCCC(N)C(=O)NC1C=CC(C(=O)O)C1. The highest BCUT2D eigenvalue weighted by atomic mass is 16.5. The zero-order valence-corrected chi connectivity index (χ0v) is 10.5. The largest absolute Gasteiger partial charge is 0.481 e. The Morgan fingerprint density at radius 2 is 2.28 bits per heavy atom. The van der Waals surface area contributed by atoms with Gasteiger partial charge in [-0.15, -0.1) is 0 Å². The number of methoxy groups -OCH3 is 1. The Hall–Kier alpha value is -1.40. The standard InChI is InChI=1S/C12H20N2O4/c1-18-6-2-3-10(13)11(15)14-9-5-4-8(7-9)12(16)17/h4-5,8-10H,2-3,6-7,13H2,1H3,(H,14,15)(H,16,17). The van der Waals surface area contributed by atoms with Crippen LogP contribution in [0.1, 0.15) is 19.3 Å². The summed E-state index contributed by atoms with van der Waals surface area (Å²) in [4.78, 5) is 22.5. The number of nitrogens with two attached hydrogens (primary N) is 1. The van der Waals surface area contributed by atoms with Crippen molar-refractivity contribution in [1.82, 2.24) is 5.32 Å². The lowest BCUT2D eigenvalue weighted by Crippen LogP contribution is -2.44. The highest BCUT2D eigenvalue weighted by molar-refractivity contribution is 5.82. The smallest absolute Gasteiger partial charge is 0.310 e. The second kappa shape index (κ2) is 7.13. The second-order valence-electron chi connectivity index (χ2n) is 4.42. The molecule has 0 heterocycles. The summed E-state index contributed by atoms with van der Waals surface area (Å²) in [7, 11) is 1.60. The van der Waals surface area contributed by atoms with Crippen LogP contribution in [-0.4, -0.2) is 42.8 Å². The first-order valence-electron chi connectivity index (χ1n) is 6.00.